The van der Waals surface area contributed by atoms with E-state index in [9.17, 15) is 28.8 Å². The Hall–Kier alpha value is -5.33. The van der Waals surface area contributed by atoms with Crippen LogP contribution in [0.3, 0.4) is 0 Å². The minimum Gasteiger partial charge on any atom is -0.354 e. The van der Waals surface area contributed by atoms with Crippen molar-refractivity contribution < 1.29 is 24.0 Å². The van der Waals surface area contributed by atoms with Gasteiger partial charge in [-0.3, -0.25) is 28.5 Å². The van der Waals surface area contributed by atoms with Crippen molar-refractivity contribution in [2.75, 3.05) is 13.1 Å². The Balaban J connectivity index is 1.61. The van der Waals surface area contributed by atoms with Crippen LogP contribution in [-0.4, -0.2) is 75.2 Å². The molecular weight excluding hydrogens is 626 g/mol. The van der Waals surface area contributed by atoms with Gasteiger partial charge in [-0.05, 0) is 61.4 Å². The first-order chi connectivity index (χ1) is 23.5. The van der Waals surface area contributed by atoms with Gasteiger partial charge in [-0.1, -0.05) is 56.3 Å². The molecule has 3 atom stereocenters. The number of fused-ring (bicyclic) bond motifs is 18. The van der Waals surface area contributed by atoms with E-state index in [1.54, 1.807) is 42.2 Å². The van der Waals surface area contributed by atoms with Gasteiger partial charge >= 0.3 is 5.69 Å². The standard InChI is InChI=1S/C36H45N7O6/c1-24(2)20-29-34(47)39-25(3)32(45)37-16-7-8-18-42(31(44)23-43-19-9-17-38-36(43)49)22-27-12-14-28(15-13-27)33(46)40-30(35(48)41-29)21-26-10-5-4-6-11-26/h4-6,9-15,17,19,24-25,29-30H,7-8,16,18,20-23H2,1-3H3,(H,37,45)(H,39,47)(H,40,46)(H,41,48)/t25-,29+,30-/m1/s1. The van der Waals surface area contributed by atoms with Crippen LogP contribution in [0.4, 0.5) is 0 Å². The number of amides is 5. The fourth-order valence-corrected chi connectivity index (χ4v) is 5.47. The number of carbonyl (C=O) groups excluding carboxylic acids is 5. The summed E-state index contributed by atoms with van der Waals surface area (Å²) in [7, 11) is 0. The van der Waals surface area contributed by atoms with E-state index in [0.29, 0.717) is 37.9 Å². The summed E-state index contributed by atoms with van der Waals surface area (Å²) in [5.41, 5.74) is 1.36. The van der Waals surface area contributed by atoms with Gasteiger partial charge in [0.1, 0.15) is 24.7 Å². The smallest absolute Gasteiger partial charge is 0.347 e. The third-order valence-electron chi connectivity index (χ3n) is 8.18. The topological polar surface area (TPSA) is 172 Å². The van der Waals surface area contributed by atoms with Crippen molar-refractivity contribution >= 4 is 29.5 Å². The van der Waals surface area contributed by atoms with Crippen molar-refractivity contribution in [1.82, 2.24) is 35.7 Å². The molecule has 5 amide bonds. The van der Waals surface area contributed by atoms with Gasteiger partial charge in [0.15, 0.2) is 0 Å². The van der Waals surface area contributed by atoms with Crippen LogP contribution in [0.1, 0.15) is 61.5 Å². The van der Waals surface area contributed by atoms with Gasteiger partial charge < -0.3 is 26.2 Å². The molecule has 0 radical (unpaired) electrons. The van der Waals surface area contributed by atoms with Crippen LogP contribution in [0.5, 0.6) is 0 Å². The third-order valence-corrected chi connectivity index (χ3v) is 8.18. The summed E-state index contributed by atoms with van der Waals surface area (Å²) in [6.07, 6.45) is 4.48. The van der Waals surface area contributed by atoms with Crippen LogP contribution in [0.2, 0.25) is 0 Å². The van der Waals surface area contributed by atoms with Crippen molar-refractivity contribution in [3.63, 3.8) is 0 Å². The molecule has 13 nitrogen and oxygen atoms in total. The lowest BCUT2D eigenvalue weighted by Gasteiger charge is -2.25. The first-order valence-electron chi connectivity index (χ1n) is 16.6. The Kier molecular flexibility index (Phi) is 13.2. The molecule has 260 valence electrons. The molecule has 0 unspecified atom stereocenters. The van der Waals surface area contributed by atoms with E-state index in [2.05, 4.69) is 26.3 Å². The van der Waals surface area contributed by atoms with Crippen molar-refractivity contribution in [2.24, 2.45) is 5.92 Å². The Morgan fingerprint density at radius 2 is 1.57 bits per heavy atom. The van der Waals surface area contributed by atoms with Crippen molar-refractivity contribution in [3.8, 4) is 0 Å². The molecule has 5 rings (SSSR count). The van der Waals surface area contributed by atoms with Crippen molar-refractivity contribution in [1.29, 1.82) is 0 Å². The highest BCUT2D eigenvalue weighted by atomic mass is 16.2. The predicted molar refractivity (Wildman–Crippen MR) is 183 cm³/mol. The number of nitrogens with zero attached hydrogens (tertiary/aromatic N) is 3. The summed E-state index contributed by atoms with van der Waals surface area (Å²) < 4.78 is 1.24. The van der Waals surface area contributed by atoms with Crippen LogP contribution < -0.4 is 27.0 Å². The van der Waals surface area contributed by atoms with Gasteiger partial charge in [0.2, 0.25) is 23.6 Å². The fraction of sp³-hybridized carbons (Fsp3) is 0.417. The molecule has 4 N–H and O–H groups in total. The molecule has 3 aromatic rings. The second-order valence-electron chi connectivity index (χ2n) is 12.7. The number of hydrogen-bond donors (Lipinski definition) is 4. The summed E-state index contributed by atoms with van der Waals surface area (Å²) >= 11 is 0. The third kappa shape index (κ3) is 11.1. The number of hydrogen-bond acceptors (Lipinski definition) is 7. The zero-order valence-electron chi connectivity index (χ0n) is 28.2. The molecule has 2 aliphatic heterocycles. The molecule has 13 heteroatoms. The molecule has 0 aliphatic carbocycles. The van der Waals surface area contributed by atoms with Crippen molar-refractivity contribution in [2.45, 2.75) is 77.7 Å². The Morgan fingerprint density at radius 3 is 2.27 bits per heavy atom. The Morgan fingerprint density at radius 1 is 0.857 bits per heavy atom. The van der Waals surface area contributed by atoms with E-state index >= 15 is 0 Å². The molecule has 0 saturated heterocycles. The summed E-state index contributed by atoms with van der Waals surface area (Å²) in [5, 5.41) is 11.2. The van der Waals surface area contributed by atoms with Crippen LogP contribution in [0, 0.1) is 5.92 Å². The van der Waals surface area contributed by atoms with Gasteiger partial charge in [-0.2, -0.15) is 0 Å². The molecule has 1 aromatic heterocycles. The van der Waals surface area contributed by atoms with E-state index in [0.717, 1.165) is 11.1 Å². The number of aromatic nitrogens is 2. The van der Waals surface area contributed by atoms with E-state index in [1.165, 1.54) is 17.0 Å². The van der Waals surface area contributed by atoms with Gasteiger partial charge in [0.05, 0.1) is 0 Å². The predicted octanol–water partition coefficient (Wildman–Crippen LogP) is 1.56. The summed E-state index contributed by atoms with van der Waals surface area (Å²) in [5.74, 6) is -2.13. The van der Waals surface area contributed by atoms with Crippen LogP contribution in [-0.2, 0) is 38.7 Å². The minimum atomic E-state index is -1.00. The lowest BCUT2D eigenvalue weighted by molar-refractivity contribution is -0.133. The molecule has 0 fully saturated rings. The van der Waals surface area contributed by atoms with E-state index in [1.807, 2.05) is 44.2 Å². The van der Waals surface area contributed by atoms with Gasteiger partial charge in [0, 0.05) is 44.0 Å². The van der Waals surface area contributed by atoms with Crippen LogP contribution in [0.25, 0.3) is 0 Å². The minimum absolute atomic E-state index is 0.0482. The Labute approximate surface area is 285 Å². The summed E-state index contributed by atoms with van der Waals surface area (Å²) in [4.78, 5) is 84.3. The first-order valence-corrected chi connectivity index (χ1v) is 16.6. The average molecular weight is 672 g/mol. The zero-order chi connectivity index (χ0) is 35.3. The number of rotatable bonds is 6. The molecule has 3 heterocycles. The number of nitrogens with one attached hydrogen (secondary N) is 4. The van der Waals surface area contributed by atoms with E-state index in [-0.39, 0.29) is 37.2 Å². The molecule has 2 bridgehead atoms. The van der Waals surface area contributed by atoms with Gasteiger partial charge in [-0.15, -0.1) is 0 Å². The molecule has 0 spiro atoms. The summed E-state index contributed by atoms with van der Waals surface area (Å²) in [6.45, 7) is 6.12. The van der Waals surface area contributed by atoms with Gasteiger partial charge in [-0.25, -0.2) is 9.78 Å². The van der Waals surface area contributed by atoms with E-state index < -0.39 is 41.5 Å². The maximum absolute atomic E-state index is 13.7. The SMILES string of the molecule is CC(C)C[C@@H]1NC(=O)[C@@H](Cc2ccccc2)NC(=O)c2ccc(cc2)CN(C(=O)Cn2cccnc2=O)CCCCNC(=O)[C@@H](C)NC1=O. The summed E-state index contributed by atoms with van der Waals surface area (Å²) in [6, 6.07) is 14.7. The van der Waals surface area contributed by atoms with Crippen LogP contribution >= 0.6 is 0 Å². The highest BCUT2D eigenvalue weighted by Crippen LogP contribution is 2.13. The second-order valence-corrected chi connectivity index (χ2v) is 12.7. The molecule has 0 saturated carbocycles. The molecular formula is C36H45N7O6. The zero-order valence-corrected chi connectivity index (χ0v) is 28.2. The number of benzene rings is 2. The lowest BCUT2D eigenvalue weighted by Crippen LogP contribution is -2.57. The maximum Gasteiger partial charge on any atom is 0.347 e. The molecule has 2 aliphatic rings. The highest BCUT2D eigenvalue weighted by Gasteiger charge is 2.29. The largest absolute Gasteiger partial charge is 0.354 e. The van der Waals surface area contributed by atoms with Crippen molar-refractivity contribution in [3.05, 3.63) is 100 Å². The molecule has 49 heavy (non-hydrogen) atoms. The lowest BCUT2D eigenvalue weighted by atomic mass is 10.0. The molecule has 2 aromatic carbocycles. The normalized spacial score (nSPS) is 20.1. The van der Waals surface area contributed by atoms with E-state index in [4.69, 9.17) is 0 Å². The monoisotopic (exact) mass is 671 g/mol. The number of carbonyl (C=O) groups is 5. The second kappa shape index (κ2) is 17.7. The highest BCUT2D eigenvalue weighted by molar-refractivity contribution is 5.99. The first kappa shape index (κ1) is 36.5. The quantitative estimate of drug-likeness (QED) is 0.288. The Bertz CT molecular complexity index is 1660. The average Bonchev–Trinajstić information content (AvgIpc) is 3.07. The fourth-order valence-electron chi connectivity index (χ4n) is 5.47. The van der Waals surface area contributed by atoms with Crippen LogP contribution in [0.15, 0.2) is 77.9 Å². The van der Waals surface area contributed by atoms with Gasteiger partial charge in [0.25, 0.3) is 5.91 Å². The maximum atomic E-state index is 13.7.